The van der Waals surface area contributed by atoms with Crippen LogP contribution in [-0.4, -0.2) is 31.7 Å². The molecule has 6 nitrogen and oxygen atoms in total. The Morgan fingerprint density at radius 1 is 1.08 bits per heavy atom. The van der Waals surface area contributed by atoms with Crippen LogP contribution in [-0.2, 0) is 9.53 Å². The molecule has 2 aromatic carbocycles. The van der Waals surface area contributed by atoms with Crippen LogP contribution in [0.25, 0.3) is 0 Å². The van der Waals surface area contributed by atoms with Crippen molar-refractivity contribution in [1.82, 2.24) is 0 Å². The molecule has 1 amide bonds. The summed E-state index contributed by atoms with van der Waals surface area (Å²) in [5.74, 6) is 0.501. The van der Waals surface area contributed by atoms with Crippen LogP contribution in [0.15, 0.2) is 48.5 Å². The summed E-state index contributed by atoms with van der Waals surface area (Å²) in [5.41, 5.74) is 1.000. The fourth-order valence-electron chi connectivity index (χ4n) is 2.08. The predicted octanol–water partition coefficient (Wildman–Crippen LogP) is 3.28. The Morgan fingerprint density at radius 2 is 1.76 bits per heavy atom. The second-order valence-electron chi connectivity index (χ2n) is 5.23. The molecule has 0 fully saturated rings. The van der Waals surface area contributed by atoms with Crippen molar-refractivity contribution in [1.29, 1.82) is 0 Å². The maximum Gasteiger partial charge on any atom is 0.338 e. The highest BCUT2D eigenvalue weighted by Gasteiger charge is 2.15. The number of rotatable bonds is 7. The van der Waals surface area contributed by atoms with Gasteiger partial charge in [-0.3, -0.25) is 4.79 Å². The molecule has 1 atom stereocenters. The molecular weight excluding hydrogens is 322 g/mol. The normalized spacial score (nSPS) is 11.3. The summed E-state index contributed by atoms with van der Waals surface area (Å²) in [6, 6.07) is 13.5. The molecule has 25 heavy (non-hydrogen) atoms. The smallest absolute Gasteiger partial charge is 0.338 e. The maximum absolute atomic E-state index is 12.2. The lowest BCUT2D eigenvalue weighted by Gasteiger charge is -2.15. The lowest BCUT2D eigenvalue weighted by atomic mass is 10.2. The molecular formula is C19H21NO5. The lowest BCUT2D eigenvalue weighted by molar-refractivity contribution is -0.122. The van der Waals surface area contributed by atoms with Crippen molar-refractivity contribution in [2.45, 2.75) is 20.0 Å². The summed E-state index contributed by atoms with van der Waals surface area (Å²) in [7, 11) is 1.56. The molecule has 0 aliphatic carbocycles. The number of anilines is 1. The largest absolute Gasteiger partial charge is 0.497 e. The van der Waals surface area contributed by atoms with Gasteiger partial charge >= 0.3 is 5.97 Å². The highest BCUT2D eigenvalue weighted by molar-refractivity contribution is 5.95. The second-order valence-corrected chi connectivity index (χ2v) is 5.23. The molecule has 0 heterocycles. The monoisotopic (exact) mass is 343 g/mol. The fraction of sp³-hybridized carbons (Fsp3) is 0.263. The van der Waals surface area contributed by atoms with E-state index in [1.807, 2.05) is 0 Å². The average molecular weight is 343 g/mol. The van der Waals surface area contributed by atoms with Crippen LogP contribution in [0.4, 0.5) is 5.69 Å². The van der Waals surface area contributed by atoms with E-state index in [-0.39, 0.29) is 5.91 Å². The highest BCUT2D eigenvalue weighted by atomic mass is 16.5. The number of amides is 1. The van der Waals surface area contributed by atoms with Crippen LogP contribution >= 0.6 is 0 Å². The summed E-state index contributed by atoms with van der Waals surface area (Å²) in [5, 5.41) is 2.74. The number of ether oxygens (including phenoxy) is 3. The van der Waals surface area contributed by atoms with Crippen LogP contribution in [0.5, 0.6) is 11.5 Å². The zero-order chi connectivity index (χ0) is 18.2. The average Bonchev–Trinajstić information content (AvgIpc) is 2.62. The van der Waals surface area contributed by atoms with Gasteiger partial charge in [0.15, 0.2) is 6.10 Å². The van der Waals surface area contributed by atoms with Gasteiger partial charge in [-0.05, 0) is 50.2 Å². The summed E-state index contributed by atoms with van der Waals surface area (Å²) in [6.45, 7) is 3.72. The van der Waals surface area contributed by atoms with E-state index >= 15 is 0 Å². The van der Waals surface area contributed by atoms with Crippen LogP contribution < -0.4 is 14.8 Å². The Balaban J connectivity index is 1.95. The third-order valence-corrected chi connectivity index (χ3v) is 3.39. The van der Waals surface area contributed by atoms with Crippen LogP contribution in [0.1, 0.15) is 24.2 Å². The van der Waals surface area contributed by atoms with Gasteiger partial charge in [0.1, 0.15) is 11.5 Å². The molecule has 1 N–H and O–H groups in total. The van der Waals surface area contributed by atoms with Crippen molar-refractivity contribution in [3.8, 4) is 11.5 Å². The van der Waals surface area contributed by atoms with Gasteiger partial charge in [0, 0.05) is 11.8 Å². The van der Waals surface area contributed by atoms with Gasteiger partial charge in [0.2, 0.25) is 0 Å². The van der Waals surface area contributed by atoms with E-state index in [4.69, 9.17) is 14.2 Å². The zero-order valence-corrected chi connectivity index (χ0v) is 14.4. The first-order chi connectivity index (χ1) is 12.0. The van der Waals surface area contributed by atoms with Gasteiger partial charge < -0.3 is 19.5 Å². The molecule has 0 saturated heterocycles. The first-order valence-electron chi connectivity index (χ1n) is 7.92. The second kappa shape index (κ2) is 8.73. The van der Waals surface area contributed by atoms with Gasteiger partial charge in [-0.2, -0.15) is 0 Å². The number of carbonyl (C=O) groups excluding carboxylic acids is 2. The van der Waals surface area contributed by atoms with Gasteiger partial charge in [-0.25, -0.2) is 4.79 Å². The number of carbonyl (C=O) groups is 2. The number of nitrogens with one attached hydrogen (secondary N) is 1. The van der Waals surface area contributed by atoms with Gasteiger partial charge in [0.25, 0.3) is 5.91 Å². The third kappa shape index (κ3) is 5.24. The van der Waals surface area contributed by atoms with E-state index < -0.39 is 12.1 Å². The topological polar surface area (TPSA) is 73.9 Å². The number of hydrogen-bond acceptors (Lipinski definition) is 5. The number of methoxy groups -OCH3 is 1. The minimum Gasteiger partial charge on any atom is -0.497 e. The highest BCUT2D eigenvalue weighted by Crippen LogP contribution is 2.20. The van der Waals surface area contributed by atoms with Crippen molar-refractivity contribution in [3.05, 3.63) is 54.1 Å². The molecule has 0 aliphatic heterocycles. The standard InChI is InChI=1S/C19H21NO5/c1-4-24-19(22)14-8-10-15(11-9-14)20-18(21)13(2)25-17-7-5-6-16(12-17)23-3/h5-13H,4H2,1-3H3,(H,20,21)/t13-/m1/s1. The molecule has 6 heteroatoms. The molecule has 0 bridgehead atoms. The third-order valence-electron chi connectivity index (χ3n) is 3.39. The van der Waals surface area contributed by atoms with Gasteiger partial charge in [-0.1, -0.05) is 6.07 Å². The van der Waals surface area contributed by atoms with E-state index in [2.05, 4.69) is 5.32 Å². The molecule has 2 aromatic rings. The van der Waals surface area contributed by atoms with Gasteiger partial charge in [-0.15, -0.1) is 0 Å². The number of benzene rings is 2. The van der Waals surface area contributed by atoms with E-state index in [1.54, 1.807) is 69.5 Å². The first-order valence-corrected chi connectivity index (χ1v) is 7.92. The maximum atomic E-state index is 12.2. The van der Waals surface area contributed by atoms with E-state index in [9.17, 15) is 9.59 Å². The SMILES string of the molecule is CCOC(=O)c1ccc(NC(=O)[C@@H](C)Oc2cccc(OC)c2)cc1. The summed E-state index contributed by atoms with van der Waals surface area (Å²) in [6.07, 6.45) is -0.697. The Bertz CT molecular complexity index is 727. The van der Waals surface area contributed by atoms with Crippen molar-refractivity contribution in [2.75, 3.05) is 19.0 Å². The Labute approximate surface area is 146 Å². The minimum atomic E-state index is -0.697. The van der Waals surface area contributed by atoms with Crippen LogP contribution in [0, 0.1) is 0 Å². The zero-order valence-electron chi connectivity index (χ0n) is 14.4. The molecule has 132 valence electrons. The van der Waals surface area contributed by atoms with Crippen molar-refractivity contribution >= 4 is 17.6 Å². The number of esters is 1. The molecule has 0 aromatic heterocycles. The van der Waals surface area contributed by atoms with Crippen molar-refractivity contribution in [3.63, 3.8) is 0 Å². The molecule has 0 unspecified atom stereocenters. The fourth-order valence-corrected chi connectivity index (χ4v) is 2.08. The first kappa shape index (κ1) is 18.3. The van der Waals surface area contributed by atoms with Crippen LogP contribution in [0.3, 0.4) is 0 Å². The molecule has 0 aliphatic rings. The quantitative estimate of drug-likeness (QED) is 0.781. The molecule has 0 saturated carbocycles. The summed E-state index contributed by atoms with van der Waals surface area (Å²) >= 11 is 0. The van der Waals surface area contributed by atoms with Crippen LogP contribution in [0.2, 0.25) is 0 Å². The van der Waals surface area contributed by atoms with Crippen molar-refractivity contribution in [2.24, 2.45) is 0 Å². The Morgan fingerprint density at radius 3 is 2.40 bits per heavy atom. The molecule has 0 radical (unpaired) electrons. The van der Waals surface area contributed by atoms with Crippen molar-refractivity contribution < 1.29 is 23.8 Å². The summed E-state index contributed by atoms with van der Waals surface area (Å²) in [4.78, 5) is 23.8. The lowest BCUT2D eigenvalue weighted by Crippen LogP contribution is -2.30. The van der Waals surface area contributed by atoms with E-state index in [0.717, 1.165) is 0 Å². The summed E-state index contributed by atoms with van der Waals surface area (Å²) < 4.78 is 15.7. The molecule has 2 rings (SSSR count). The Hall–Kier alpha value is -3.02. The van der Waals surface area contributed by atoms with E-state index in [1.165, 1.54) is 0 Å². The van der Waals surface area contributed by atoms with Gasteiger partial charge in [0.05, 0.1) is 19.3 Å². The molecule has 0 spiro atoms. The Kier molecular flexibility index (Phi) is 6.39. The number of hydrogen-bond donors (Lipinski definition) is 1. The minimum absolute atomic E-state index is 0.299. The predicted molar refractivity (Wildman–Crippen MR) is 94.1 cm³/mol. The van der Waals surface area contributed by atoms with E-state index in [0.29, 0.717) is 29.4 Å².